The van der Waals surface area contributed by atoms with Gasteiger partial charge in [-0.25, -0.2) is 4.98 Å². The third-order valence-electron chi connectivity index (χ3n) is 4.04. The van der Waals surface area contributed by atoms with E-state index in [1.165, 1.54) is 22.2 Å². The smallest absolute Gasteiger partial charge is 0.308 e. The summed E-state index contributed by atoms with van der Waals surface area (Å²) in [7, 11) is 0. The molecule has 2 aromatic heterocycles. The number of fused-ring (bicyclic) bond motifs is 1. The molecule has 1 aromatic carbocycles. The molecule has 1 N–H and O–H groups in total. The summed E-state index contributed by atoms with van der Waals surface area (Å²) in [4.78, 5) is 42.0. The fraction of sp³-hybridized carbons (Fsp3) is 0.300. The summed E-state index contributed by atoms with van der Waals surface area (Å²) in [6.45, 7) is 3.36. The molecule has 0 saturated heterocycles. The maximum atomic E-state index is 12.6. The molecular weight excluding hydrogens is 378 g/mol. The number of esters is 1. The number of carbonyl (C=O) groups excluding carboxylic acids is 2. The number of ether oxygens (including phenoxy) is 1. The van der Waals surface area contributed by atoms with Crippen molar-refractivity contribution in [3.05, 3.63) is 64.0 Å². The van der Waals surface area contributed by atoms with Crippen LogP contribution in [0.4, 0.5) is 0 Å². The number of hydrogen-bond donors (Lipinski definition) is 1. The summed E-state index contributed by atoms with van der Waals surface area (Å²) >= 11 is 1.37. The van der Waals surface area contributed by atoms with Crippen LogP contribution in [0.3, 0.4) is 0 Å². The highest BCUT2D eigenvalue weighted by Crippen LogP contribution is 2.18. The number of nitrogens with one attached hydrogen (secondary N) is 1. The summed E-state index contributed by atoms with van der Waals surface area (Å²) in [6.07, 6.45) is 1.14. The van der Waals surface area contributed by atoms with Gasteiger partial charge in [0, 0.05) is 0 Å². The minimum absolute atomic E-state index is 0.00461. The van der Waals surface area contributed by atoms with Crippen molar-refractivity contribution < 1.29 is 14.3 Å². The second-order valence-electron chi connectivity index (χ2n) is 6.59. The van der Waals surface area contributed by atoms with Crippen LogP contribution < -0.4 is 10.9 Å². The van der Waals surface area contributed by atoms with Crippen LogP contribution in [-0.2, 0) is 20.9 Å². The molecule has 2 heterocycles. The molecule has 3 aromatic rings. The second kappa shape index (κ2) is 8.79. The molecule has 0 saturated carbocycles. The number of amides is 1. The molecule has 0 bridgehead atoms. The molecular formula is C20H21N3O4S. The van der Waals surface area contributed by atoms with E-state index >= 15 is 0 Å². The van der Waals surface area contributed by atoms with E-state index in [1.807, 2.05) is 30.3 Å². The average Bonchev–Trinajstić information content (AvgIpc) is 3.13. The summed E-state index contributed by atoms with van der Waals surface area (Å²) in [5.41, 5.74) is 0.521. The van der Waals surface area contributed by atoms with Crippen LogP contribution in [0.5, 0.6) is 0 Å². The van der Waals surface area contributed by atoms with Gasteiger partial charge < -0.3 is 10.1 Å². The Morgan fingerprint density at radius 1 is 1.21 bits per heavy atom. The lowest BCUT2D eigenvalue weighted by Gasteiger charge is -2.19. The van der Waals surface area contributed by atoms with Gasteiger partial charge in [0.05, 0.1) is 30.3 Å². The SMILES string of the molecule is CC(C)OC(=O)CC(NC(=O)Cn1cnc2sccc2c1=O)c1ccccc1. The van der Waals surface area contributed by atoms with E-state index in [9.17, 15) is 14.4 Å². The van der Waals surface area contributed by atoms with E-state index in [2.05, 4.69) is 10.3 Å². The first kappa shape index (κ1) is 19.8. The number of hydrogen-bond acceptors (Lipinski definition) is 6. The van der Waals surface area contributed by atoms with Crippen molar-refractivity contribution in [2.45, 2.75) is 39.0 Å². The van der Waals surface area contributed by atoms with Crippen molar-refractivity contribution in [2.24, 2.45) is 0 Å². The van der Waals surface area contributed by atoms with E-state index in [0.717, 1.165) is 5.56 Å². The van der Waals surface area contributed by atoms with Crippen LogP contribution in [0.25, 0.3) is 10.2 Å². The first-order chi connectivity index (χ1) is 13.4. The number of benzene rings is 1. The van der Waals surface area contributed by atoms with E-state index in [0.29, 0.717) is 10.2 Å². The lowest BCUT2D eigenvalue weighted by molar-refractivity contribution is -0.148. The van der Waals surface area contributed by atoms with Gasteiger partial charge in [-0.3, -0.25) is 19.0 Å². The number of rotatable bonds is 7. The van der Waals surface area contributed by atoms with E-state index in [4.69, 9.17) is 4.74 Å². The molecule has 0 spiro atoms. The highest BCUT2D eigenvalue weighted by molar-refractivity contribution is 7.16. The van der Waals surface area contributed by atoms with Crippen molar-refractivity contribution in [3.63, 3.8) is 0 Å². The predicted molar refractivity (Wildman–Crippen MR) is 107 cm³/mol. The van der Waals surface area contributed by atoms with E-state index in [-0.39, 0.29) is 30.5 Å². The largest absolute Gasteiger partial charge is 0.463 e. The van der Waals surface area contributed by atoms with Crippen LogP contribution in [-0.4, -0.2) is 27.5 Å². The number of thiophene rings is 1. The number of nitrogens with zero attached hydrogens (tertiary/aromatic N) is 2. The van der Waals surface area contributed by atoms with Crippen molar-refractivity contribution in [1.29, 1.82) is 0 Å². The van der Waals surface area contributed by atoms with Gasteiger partial charge in [-0.15, -0.1) is 11.3 Å². The highest BCUT2D eigenvalue weighted by Gasteiger charge is 2.20. The minimum Gasteiger partial charge on any atom is -0.463 e. The molecule has 1 atom stereocenters. The quantitative estimate of drug-likeness (QED) is 0.617. The summed E-state index contributed by atoms with van der Waals surface area (Å²) < 4.78 is 6.47. The summed E-state index contributed by atoms with van der Waals surface area (Å²) in [6, 6.07) is 10.3. The lowest BCUT2D eigenvalue weighted by Crippen LogP contribution is -2.36. The van der Waals surface area contributed by atoms with Gasteiger partial charge in [0.1, 0.15) is 11.4 Å². The van der Waals surface area contributed by atoms with Crippen LogP contribution in [0.1, 0.15) is 31.9 Å². The molecule has 0 aliphatic heterocycles. The minimum atomic E-state index is -0.548. The van der Waals surface area contributed by atoms with Crippen LogP contribution in [0, 0.1) is 0 Å². The Morgan fingerprint density at radius 3 is 2.68 bits per heavy atom. The Balaban J connectivity index is 1.75. The molecule has 0 aliphatic rings. The third kappa shape index (κ3) is 4.83. The Morgan fingerprint density at radius 2 is 1.96 bits per heavy atom. The first-order valence-electron chi connectivity index (χ1n) is 8.90. The molecule has 0 aliphatic carbocycles. The number of carbonyl (C=O) groups is 2. The molecule has 1 amide bonds. The fourth-order valence-corrected chi connectivity index (χ4v) is 3.54. The van der Waals surface area contributed by atoms with E-state index in [1.54, 1.807) is 25.3 Å². The van der Waals surface area contributed by atoms with Crippen molar-refractivity contribution in [3.8, 4) is 0 Å². The maximum absolute atomic E-state index is 12.6. The zero-order valence-electron chi connectivity index (χ0n) is 15.6. The standard InChI is InChI=1S/C20H21N3O4S/c1-13(2)27-18(25)10-16(14-6-4-3-5-7-14)22-17(24)11-23-12-21-19-15(20(23)26)8-9-28-19/h3-9,12-13,16H,10-11H2,1-2H3,(H,22,24). The first-order valence-corrected chi connectivity index (χ1v) is 9.78. The zero-order valence-corrected chi connectivity index (χ0v) is 16.4. The van der Waals surface area contributed by atoms with Gasteiger partial charge in [-0.2, -0.15) is 0 Å². The summed E-state index contributed by atoms with van der Waals surface area (Å²) in [5, 5.41) is 5.10. The van der Waals surface area contributed by atoms with Crippen molar-refractivity contribution in [1.82, 2.24) is 14.9 Å². The van der Waals surface area contributed by atoms with Crippen molar-refractivity contribution in [2.75, 3.05) is 0 Å². The van der Waals surface area contributed by atoms with E-state index < -0.39 is 12.0 Å². The van der Waals surface area contributed by atoms with Crippen LogP contribution in [0.15, 0.2) is 52.9 Å². The van der Waals surface area contributed by atoms with Gasteiger partial charge >= 0.3 is 5.97 Å². The molecule has 0 fully saturated rings. The third-order valence-corrected chi connectivity index (χ3v) is 4.86. The van der Waals surface area contributed by atoms with Gasteiger partial charge in [-0.1, -0.05) is 30.3 Å². The zero-order chi connectivity index (χ0) is 20.1. The maximum Gasteiger partial charge on any atom is 0.308 e. The predicted octanol–water partition coefficient (Wildman–Crippen LogP) is 2.66. The normalized spacial score (nSPS) is 12.1. The molecule has 146 valence electrons. The van der Waals surface area contributed by atoms with Gasteiger partial charge in [0.15, 0.2) is 0 Å². The Bertz CT molecular complexity index is 1030. The molecule has 1 unspecified atom stereocenters. The van der Waals surface area contributed by atoms with Crippen LogP contribution >= 0.6 is 11.3 Å². The topological polar surface area (TPSA) is 90.3 Å². The Kier molecular flexibility index (Phi) is 6.20. The lowest BCUT2D eigenvalue weighted by atomic mass is 10.0. The molecule has 8 heteroatoms. The van der Waals surface area contributed by atoms with Crippen molar-refractivity contribution >= 4 is 33.4 Å². The Labute approximate surface area is 166 Å². The molecule has 3 rings (SSSR count). The fourth-order valence-electron chi connectivity index (χ4n) is 2.82. The Hall–Kier alpha value is -3.00. The molecule has 0 radical (unpaired) electrons. The monoisotopic (exact) mass is 399 g/mol. The average molecular weight is 399 g/mol. The van der Waals surface area contributed by atoms with Crippen LogP contribution in [0.2, 0.25) is 0 Å². The van der Waals surface area contributed by atoms with Gasteiger partial charge in [-0.05, 0) is 30.9 Å². The summed E-state index contributed by atoms with van der Waals surface area (Å²) in [5.74, 6) is -0.785. The highest BCUT2D eigenvalue weighted by atomic mass is 32.1. The van der Waals surface area contributed by atoms with Gasteiger partial charge in [0.25, 0.3) is 5.56 Å². The molecule has 7 nitrogen and oxygen atoms in total. The molecule has 28 heavy (non-hydrogen) atoms. The number of aromatic nitrogens is 2. The second-order valence-corrected chi connectivity index (χ2v) is 7.49. The van der Waals surface area contributed by atoms with Gasteiger partial charge in [0.2, 0.25) is 5.91 Å².